The summed E-state index contributed by atoms with van der Waals surface area (Å²) in [5.74, 6) is 2.39. The van der Waals surface area contributed by atoms with Crippen LogP contribution >= 0.6 is 0 Å². The van der Waals surface area contributed by atoms with Crippen molar-refractivity contribution in [2.24, 2.45) is 0 Å². The Kier molecular flexibility index (Phi) is 6.39. The minimum absolute atomic E-state index is 0.0628. The van der Waals surface area contributed by atoms with Crippen molar-refractivity contribution in [3.05, 3.63) is 66.7 Å². The number of piperazine rings is 1. The average molecular weight is 530 g/mol. The van der Waals surface area contributed by atoms with Gasteiger partial charge in [-0.25, -0.2) is 15.0 Å². The first-order chi connectivity index (χ1) is 19.2. The normalized spacial score (nSPS) is 21.6. The van der Waals surface area contributed by atoms with Crippen LogP contribution in [0.15, 0.2) is 61.2 Å². The number of fused-ring (bicyclic) bond motifs is 2. The number of hydrogen-bond acceptors (Lipinski definition) is 10. The molecule has 0 amide bonds. The molecule has 2 atom stereocenters. The molecule has 11 nitrogen and oxygen atoms in total. The highest BCUT2D eigenvalue weighted by Crippen LogP contribution is 2.34. The van der Waals surface area contributed by atoms with Gasteiger partial charge >= 0.3 is 0 Å². The number of morpholine rings is 1. The Labute approximate surface area is 226 Å². The van der Waals surface area contributed by atoms with E-state index < -0.39 is 0 Å². The number of anilines is 2. The van der Waals surface area contributed by atoms with E-state index in [2.05, 4.69) is 55.0 Å². The van der Waals surface area contributed by atoms with Gasteiger partial charge in [-0.1, -0.05) is 24.3 Å². The second-order valence-corrected chi connectivity index (χ2v) is 10.1. The molecule has 7 rings (SSSR count). The molecule has 0 radical (unpaired) electrons. The zero-order valence-corrected chi connectivity index (χ0v) is 21.6. The van der Waals surface area contributed by atoms with Gasteiger partial charge in [0.15, 0.2) is 28.5 Å². The molecule has 0 saturated carbocycles. The molecule has 2 aromatic carbocycles. The summed E-state index contributed by atoms with van der Waals surface area (Å²) >= 11 is 0. The fraction of sp³-hybridized carbons (Fsp3) is 0.393. The van der Waals surface area contributed by atoms with Gasteiger partial charge in [-0.15, -0.1) is 0 Å². The van der Waals surface area contributed by atoms with Gasteiger partial charge in [0.2, 0.25) is 6.79 Å². The summed E-state index contributed by atoms with van der Waals surface area (Å²) in [5.41, 5.74) is 3.86. The molecule has 2 aromatic heterocycles. The fourth-order valence-electron chi connectivity index (χ4n) is 5.67. The first-order valence-corrected chi connectivity index (χ1v) is 13.3. The van der Waals surface area contributed by atoms with E-state index in [1.807, 2.05) is 22.8 Å². The molecule has 202 valence electrons. The lowest BCUT2D eigenvalue weighted by molar-refractivity contribution is -0.135. The molecule has 3 aliphatic heterocycles. The van der Waals surface area contributed by atoms with Crippen LogP contribution in [-0.4, -0.2) is 88.3 Å². The zero-order valence-electron chi connectivity index (χ0n) is 21.6. The number of aliphatic hydroxyl groups excluding tert-OH is 1. The quantitative estimate of drug-likeness (QED) is 0.400. The highest BCUT2D eigenvalue weighted by Gasteiger charge is 2.31. The molecule has 5 heterocycles. The Balaban J connectivity index is 1.09. The Bertz CT molecular complexity index is 1440. The van der Waals surface area contributed by atoms with E-state index in [9.17, 15) is 5.11 Å². The third kappa shape index (κ3) is 4.73. The summed E-state index contributed by atoms with van der Waals surface area (Å²) in [7, 11) is 0. The lowest BCUT2D eigenvalue weighted by Gasteiger charge is -2.38. The van der Waals surface area contributed by atoms with Crippen LogP contribution in [0.4, 0.5) is 11.5 Å². The van der Waals surface area contributed by atoms with E-state index in [0.29, 0.717) is 19.6 Å². The lowest BCUT2D eigenvalue weighted by atomic mass is 10.1. The second kappa shape index (κ2) is 10.3. The van der Waals surface area contributed by atoms with Crippen LogP contribution in [-0.2, 0) is 11.3 Å². The number of imidazole rings is 1. The number of hydrogen-bond donors (Lipinski definition) is 1. The molecule has 2 saturated heterocycles. The van der Waals surface area contributed by atoms with Crippen molar-refractivity contribution in [1.82, 2.24) is 24.4 Å². The molecule has 39 heavy (non-hydrogen) atoms. The van der Waals surface area contributed by atoms with E-state index in [1.54, 1.807) is 12.7 Å². The Hall–Kier alpha value is -3.93. The SMILES string of the molecule is OC[C@@H]1CN(Cc2ccc3c(c2)OCO3)C[C@H](n2cnc3c(N4CCN(c5ccccc5)CC4)ncnc32)O1. The van der Waals surface area contributed by atoms with Crippen molar-refractivity contribution in [3.63, 3.8) is 0 Å². The highest BCUT2D eigenvalue weighted by molar-refractivity contribution is 5.83. The molecule has 0 bridgehead atoms. The third-order valence-corrected chi connectivity index (χ3v) is 7.62. The van der Waals surface area contributed by atoms with Gasteiger partial charge in [0.25, 0.3) is 0 Å². The third-order valence-electron chi connectivity index (χ3n) is 7.62. The van der Waals surface area contributed by atoms with Crippen molar-refractivity contribution in [1.29, 1.82) is 0 Å². The maximum absolute atomic E-state index is 10.00. The second-order valence-electron chi connectivity index (χ2n) is 10.1. The smallest absolute Gasteiger partial charge is 0.231 e. The van der Waals surface area contributed by atoms with Gasteiger partial charge in [-0.2, -0.15) is 0 Å². The Morgan fingerprint density at radius 1 is 0.872 bits per heavy atom. The predicted molar refractivity (Wildman–Crippen MR) is 145 cm³/mol. The molecule has 0 aliphatic carbocycles. The number of ether oxygens (including phenoxy) is 3. The topological polar surface area (TPSA) is 101 Å². The number of benzene rings is 2. The van der Waals surface area contributed by atoms with Crippen molar-refractivity contribution in [2.45, 2.75) is 18.9 Å². The number of rotatable bonds is 6. The maximum atomic E-state index is 10.00. The van der Waals surface area contributed by atoms with Crippen LogP contribution in [0.1, 0.15) is 11.8 Å². The van der Waals surface area contributed by atoms with Crippen LogP contribution in [0.3, 0.4) is 0 Å². The predicted octanol–water partition coefficient (Wildman–Crippen LogP) is 2.27. The molecule has 0 unspecified atom stereocenters. The highest BCUT2D eigenvalue weighted by atomic mass is 16.7. The molecule has 11 heteroatoms. The van der Waals surface area contributed by atoms with Crippen molar-refractivity contribution in [2.75, 3.05) is 62.5 Å². The lowest BCUT2D eigenvalue weighted by Crippen LogP contribution is -2.47. The van der Waals surface area contributed by atoms with Gasteiger partial charge in [0, 0.05) is 51.5 Å². The number of aliphatic hydroxyl groups is 1. The molecular weight excluding hydrogens is 498 g/mol. The van der Waals surface area contributed by atoms with Crippen LogP contribution in [0, 0.1) is 0 Å². The minimum atomic E-state index is -0.340. The molecule has 0 spiro atoms. The fourth-order valence-corrected chi connectivity index (χ4v) is 5.67. The van der Waals surface area contributed by atoms with E-state index in [4.69, 9.17) is 19.2 Å². The maximum Gasteiger partial charge on any atom is 0.231 e. The standard InChI is InChI=1S/C28H31N7O4/c36-16-22-14-32(13-20-6-7-23-24(12-20)38-19-37-23)15-25(39-22)35-18-31-26-27(29-17-30-28(26)35)34-10-8-33(9-11-34)21-4-2-1-3-5-21/h1-7,12,17-18,22,25,36H,8-11,13-16,19H2/t22-,25+/m0/s1. The van der Waals surface area contributed by atoms with Crippen molar-refractivity contribution >= 4 is 22.7 Å². The first kappa shape index (κ1) is 24.1. The molecule has 3 aliphatic rings. The Morgan fingerprint density at radius 3 is 2.54 bits per heavy atom. The largest absolute Gasteiger partial charge is 0.454 e. The van der Waals surface area contributed by atoms with Crippen LogP contribution in [0.5, 0.6) is 11.5 Å². The van der Waals surface area contributed by atoms with E-state index in [0.717, 1.165) is 60.2 Å². The van der Waals surface area contributed by atoms with Crippen LogP contribution in [0.2, 0.25) is 0 Å². The van der Waals surface area contributed by atoms with Gasteiger partial charge in [-0.3, -0.25) is 9.47 Å². The van der Waals surface area contributed by atoms with Crippen LogP contribution in [0.25, 0.3) is 11.2 Å². The van der Waals surface area contributed by atoms with Gasteiger partial charge in [0.1, 0.15) is 12.6 Å². The van der Waals surface area contributed by atoms with Gasteiger partial charge in [0.05, 0.1) is 19.0 Å². The first-order valence-electron chi connectivity index (χ1n) is 13.3. The summed E-state index contributed by atoms with van der Waals surface area (Å²) in [5, 5.41) is 10.00. The average Bonchev–Trinajstić information content (AvgIpc) is 3.64. The van der Waals surface area contributed by atoms with Gasteiger partial charge < -0.3 is 29.1 Å². The van der Waals surface area contributed by atoms with E-state index >= 15 is 0 Å². The Morgan fingerprint density at radius 2 is 1.69 bits per heavy atom. The summed E-state index contributed by atoms with van der Waals surface area (Å²) < 4.78 is 19.2. The zero-order chi connectivity index (χ0) is 26.2. The molecule has 4 aromatic rings. The monoisotopic (exact) mass is 529 g/mol. The number of aromatic nitrogens is 4. The summed E-state index contributed by atoms with van der Waals surface area (Å²) in [6, 6.07) is 16.5. The molecular formula is C28H31N7O4. The van der Waals surface area contributed by atoms with Crippen molar-refractivity contribution in [3.8, 4) is 11.5 Å². The summed E-state index contributed by atoms with van der Waals surface area (Å²) in [4.78, 5) is 20.9. The summed E-state index contributed by atoms with van der Waals surface area (Å²) in [6.07, 6.45) is 2.73. The molecule has 1 N–H and O–H groups in total. The summed E-state index contributed by atoms with van der Waals surface area (Å²) in [6.45, 7) is 5.67. The van der Waals surface area contributed by atoms with Gasteiger partial charge in [-0.05, 0) is 29.8 Å². The van der Waals surface area contributed by atoms with E-state index in [1.165, 1.54) is 5.69 Å². The van der Waals surface area contributed by atoms with E-state index in [-0.39, 0.29) is 25.7 Å². The number of nitrogens with zero attached hydrogens (tertiary/aromatic N) is 7. The number of para-hydroxylation sites is 1. The molecule has 2 fully saturated rings. The minimum Gasteiger partial charge on any atom is -0.454 e. The van der Waals surface area contributed by atoms with Crippen LogP contribution < -0.4 is 19.3 Å². The van der Waals surface area contributed by atoms with Crippen molar-refractivity contribution < 1.29 is 19.3 Å².